The molecule has 3 rings (SSSR count). The standard InChI is InChI=1S/C17H16Cl3FN6O2/c18-10-3-4-11(19)12(21)9(10)7-23-17(28)29-6-2-1-5-27-8-24-13-14(22)25-16(20)26-15(13)27/h3-4,8H,1-2,5-7H2,(H,23,28)(H2,22,25,26). The molecular weight excluding hydrogens is 446 g/mol. The second-order valence-electron chi connectivity index (χ2n) is 6.01. The van der Waals surface area contributed by atoms with Crippen LogP contribution in [-0.2, 0) is 17.8 Å². The average molecular weight is 462 g/mol. The van der Waals surface area contributed by atoms with Gasteiger partial charge in [0.1, 0.15) is 11.3 Å². The Kier molecular flexibility index (Phi) is 6.94. The first-order chi connectivity index (χ1) is 13.9. The maximum Gasteiger partial charge on any atom is 0.407 e. The second kappa shape index (κ2) is 9.43. The Hall–Kier alpha value is -2.36. The topological polar surface area (TPSA) is 108 Å². The molecule has 154 valence electrons. The van der Waals surface area contributed by atoms with Crippen molar-refractivity contribution in [3.63, 3.8) is 0 Å². The van der Waals surface area contributed by atoms with E-state index in [1.807, 2.05) is 0 Å². The molecule has 1 amide bonds. The van der Waals surface area contributed by atoms with Gasteiger partial charge in [-0.3, -0.25) is 0 Å². The van der Waals surface area contributed by atoms with Crippen LogP contribution in [0.2, 0.25) is 15.3 Å². The number of alkyl carbamates (subject to hydrolysis) is 1. The van der Waals surface area contributed by atoms with Crippen LogP contribution in [0.1, 0.15) is 18.4 Å². The van der Waals surface area contributed by atoms with Gasteiger partial charge in [-0.15, -0.1) is 0 Å². The van der Waals surface area contributed by atoms with Gasteiger partial charge in [0.15, 0.2) is 11.5 Å². The number of rotatable bonds is 7. The summed E-state index contributed by atoms with van der Waals surface area (Å²) in [7, 11) is 0. The molecule has 0 atom stereocenters. The number of amides is 1. The van der Waals surface area contributed by atoms with E-state index in [4.69, 9.17) is 45.3 Å². The van der Waals surface area contributed by atoms with Crippen molar-refractivity contribution in [1.29, 1.82) is 0 Å². The quantitative estimate of drug-likeness (QED) is 0.310. The molecule has 0 fully saturated rings. The summed E-state index contributed by atoms with van der Waals surface area (Å²) in [6.45, 7) is 0.632. The van der Waals surface area contributed by atoms with Gasteiger partial charge in [-0.05, 0) is 36.6 Å². The van der Waals surface area contributed by atoms with Gasteiger partial charge in [-0.25, -0.2) is 14.2 Å². The number of nitrogens with two attached hydrogens (primary N) is 1. The van der Waals surface area contributed by atoms with Crippen molar-refractivity contribution in [3.05, 3.63) is 45.2 Å². The molecule has 0 saturated heterocycles. The van der Waals surface area contributed by atoms with Crippen LogP contribution in [0.5, 0.6) is 0 Å². The van der Waals surface area contributed by atoms with Gasteiger partial charge in [0.2, 0.25) is 5.28 Å². The summed E-state index contributed by atoms with van der Waals surface area (Å²) in [5.41, 5.74) is 6.89. The normalized spacial score (nSPS) is 11.0. The molecule has 0 saturated carbocycles. The van der Waals surface area contributed by atoms with Crippen LogP contribution in [0.3, 0.4) is 0 Å². The van der Waals surface area contributed by atoms with Gasteiger partial charge in [0.25, 0.3) is 0 Å². The molecule has 0 bridgehead atoms. The maximum atomic E-state index is 13.9. The molecule has 0 aliphatic rings. The Labute approximate surface area is 180 Å². The molecule has 0 aliphatic carbocycles. The number of nitrogen functional groups attached to an aromatic ring is 1. The number of carbonyl (C=O) groups is 1. The molecule has 1 aromatic carbocycles. The number of aromatic nitrogens is 4. The van der Waals surface area contributed by atoms with Gasteiger partial charge in [-0.2, -0.15) is 9.97 Å². The number of nitrogens with zero attached hydrogens (tertiary/aromatic N) is 4. The first kappa shape index (κ1) is 21.4. The van der Waals surface area contributed by atoms with Crippen molar-refractivity contribution >= 4 is 57.9 Å². The van der Waals surface area contributed by atoms with Crippen molar-refractivity contribution < 1.29 is 13.9 Å². The summed E-state index contributed by atoms with van der Waals surface area (Å²) in [6, 6.07) is 2.81. The summed E-state index contributed by atoms with van der Waals surface area (Å²) in [4.78, 5) is 23.9. The average Bonchev–Trinajstić information content (AvgIpc) is 3.07. The highest BCUT2D eigenvalue weighted by atomic mass is 35.5. The van der Waals surface area contributed by atoms with Crippen LogP contribution < -0.4 is 11.1 Å². The number of carbonyl (C=O) groups excluding carboxylic acids is 1. The fraction of sp³-hybridized carbons (Fsp3) is 0.294. The van der Waals surface area contributed by atoms with Crippen molar-refractivity contribution in [3.8, 4) is 0 Å². The number of nitrogens with one attached hydrogen (secondary N) is 1. The van der Waals surface area contributed by atoms with E-state index in [1.165, 1.54) is 12.1 Å². The molecule has 29 heavy (non-hydrogen) atoms. The first-order valence-electron chi connectivity index (χ1n) is 8.53. The first-order valence-corrected chi connectivity index (χ1v) is 9.67. The third-order valence-electron chi connectivity index (χ3n) is 4.04. The number of unbranched alkanes of at least 4 members (excludes halogenated alkanes) is 1. The number of hydrogen-bond donors (Lipinski definition) is 2. The minimum atomic E-state index is -0.680. The zero-order chi connectivity index (χ0) is 21.0. The molecule has 0 unspecified atom stereocenters. The van der Waals surface area contributed by atoms with Crippen LogP contribution in [-0.4, -0.2) is 32.2 Å². The van der Waals surface area contributed by atoms with Gasteiger partial charge >= 0.3 is 6.09 Å². The Bertz CT molecular complexity index is 1050. The van der Waals surface area contributed by atoms with E-state index in [0.717, 1.165) is 0 Å². The smallest absolute Gasteiger partial charge is 0.407 e. The molecule has 2 aromatic heterocycles. The van der Waals surface area contributed by atoms with Gasteiger partial charge < -0.3 is 20.4 Å². The number of fused-ring (bicyclic) bond motifs is 1. The predicted octanol–water partition coefficient (Wildman–Crippen LogP) is 4.21. The van der Waals surface area contributed by atoms with Crippen molar-refractivity contribution in [2.24, 2.45) is 0 Å². The molecule has 3 aromatic rings. The van der Waals surface area contributed by atoms with Crippen molar-refractivity contribution in [2.75, 3.05) is 12.3 Å². The summed E-state index contributed by atoms with van der Waals surface area (Å²) in [5.74, 6) is -0.452. The monoisotopic (exact) mass is 460 g/mol. The lowest BCUT2D eigenvalue weighted by atomic mass is 10.2. The Morgan fingerprint density at radius 3 is 2.76 bits per heavy atom. The lowest BCUT2D eigenvalue weighted by Gasteiger charge is -2.10. The van der Waals surface area contributed by atoms with Crippen LogP contribution in [0.25, 0.3) is 11.2 Å². The molecule has 0 aliphatic heterocycles. The van der Waals surface area contributed by atoms with Gasteiger partial charge in [0.05, 0.1) is 24.5 Å². The number of anilines is 1. The van der Waals surface area contributed by atoms with E-state index in [1.54, 1.807) is 10.9 Å². The maximum absolute atomic E-state index is 13.9. The number of hydrogen-bond acceptors (Lipinski definition) is 6. The van der Waals surface area contributed by atoms with E-state index in [0.29, 0.717) is 30.6 Å². The van der Waals surface area contributed by atoms with Crippen molar-refractivity contribution in [1.82, 2.24) is 24.8 Å². The lowest BCUT2D eigenvalue weighted by Crippen LogP contribution is -2.25. The summed E-state index contributed by atoms with van der Waals surface area (Å²) in [5, 5.41) is 2.59. The van der Waals surface area contributed by atoms with E-state index >= 15 is 0 Å². The minimum absolute atomic E-state index is 0.0491. The van der Waals surface area contributed by atoms with Crippen molar-refractivity contribution in [2.45, 2.75) is 25.9 Å². The molecule has 2 heterocycles. The largest absolute Gasteiger partial charge is 0.450 e. The second-order valence-corrected chi connectivity index (χ2v) is 7.16. The molecular formula is C17H16Cl3FN6O2. The Balaban J connectivity index is 1.42. The number of aryl methyl sites for hydroxylation is 1. The summed E-state index contributed by atoms with van der Waals surface area (Å²) >= 11 is 17.5. The highest BCUT2D eigenvalue weighted by Gasteiger charge is 2.13. The fourth-order valence-electron chi connectivity index (χ4n) is 2.59. The van der Waals surface area contributed by atoms with E-state index in [-0.39, 0.29) is 39.9 Å². The zero-order valence-corrected chi connectivity index (χ0v) is 17.2. The number of halogens is 4. The highest BCUT2D eigenvalue weighted by molar-refractivity contribution is 6.33. The number of ether oxygens (including phenoxy) is 1. The summed E-state index contributed by atoms with van der Waals surface area (Å²) in [6.07, 6.45) is 2.20. The van der Waals surface area contributed by atoms with Crippen LogP contribution in [0.15, 0.2) is 18.5 Å². The third kappa shape index (κ3) is 5.17. The molecule has 8 nitrogen and oxygen atoms in total. The van der Waals surface area contributed by atoms with Crippen LogP contribution in [0, 0.1) is 5.82 Å². The van der Waals surface area contributed by atoms with E-state index < -0.39 is 11.9 Å². The highest BCUT2D eigenvalue weighted by Crippen LogP contribution is 2.25. The molecule has 0 spiro atoms. The molecule has 3 N–H and O–H groups in total. The SMILES string of the molecule is Nc1nc(Cl)nc2c1ncn2CCCCOC(=O)NCc1c(Cl)ccc(Cl)c1F. The van der Waals surface area contributed by atoms with Crippen LogP contribution in [0.4, 0.5) is 15.0 Å². The Morgan fingerprint density at radius 2 is 1.97 bits per heavy atom. The van der Waals surface area contributed by atoms with Gasteiger partial charge in [0, 0.05) is 17.1 Å². The number of benzene rings is 1. The predicted molar refractivity (Wildman–Crippen MR) is 109 cm³/mol. The lowest BCUT2D eigenvalue weighted by molar-refractivity contribution is 0.143. The molecule has 12 heteroatoms. The van der Waals surface area contributed by atoms with E-state index in [9.17, 15) is 9.18 Å². The molecule has 0 radical (unpaired) electrons. The minimum Gasteiger partial charge on any atom is -0.450 e. The fourth-order valence-corrected chi connectivity index (χ4v) is 3.15. The van der Waals surface area contributed by atoms with Crippen LogP contribution >= 0.6 is 34.8 Å². The zero-order valence-electron chi connectivity index (χ0n) is 15.0. The van der Waals surface area contributed by atoms with E-state index in [2.05, 4.69) is 20.3 Å². The Morgan fingerprint density at radius 1 is 1.21 bits per heavy atom. The third-order valence-corrected chi connectivity index (χ3v) is 4.85. The number of imidazole rings is 1. The van der Waals surface area contributed by atoms with Gasteiger partial charge in [-0.1, -0.05) is 23.2 Å². The summed E-state index contributed by atoms with van der Waals surface area (Å²) < 4.78 is 20.8.